The molecule has 236 valence electrons. The number of pyridine rings is 1. The number of likely N-dealkylation sites (tertiary alicyclic amines) is 1. The maximum Gasteiger partial charge on any atom is 0.276 e. The Morgan fingerprint density at radius 2 is 1.81 bits per heavy atom. The highest BCUT2D eigenvalue weighted by Gasteiger charge is 2.73. The van der Waals surface area contributed by atoms with E-state index in [4.69, 9.17) is 4.98 Å². The molecule has 0 radical (unpaired) electrons. The Hall–Kier alpha value is -3.58. The molecule has 0 aromatic carbocycles. The van der Waals surface area contributed by atoms with E-state index in [0.29, 0.717) is 22.7 Å². The molecular formula is C29H39F4N7O3. The molecule has 4 saturated carbocycles. The number of carbonyl (C=O) groups excluding carboxylic acids is 2. The Morgan fingerprint density at radius 1 is 1.09 bits per heavy atom. The second-order valence-corrected chi connectivity index (χ2v) is 13.4. The summed E-state index contributed by atoms with van der Waals surface area (Å²) in [6.45, 7) is 3.29. The number of hydrogen-bond donors (Lipinski definition) is 2. The summed E-state index contributed by atoms with van der Waals surface area (Å²) in [6.07, 6.45) is 0.594. The molecule has 3 atom stereocenters. The molecule has 14 heteroatoms. The molecule has 3 aromatic heterocycles. The minimum Gasteiger partial charge on any atom is -0.340 e. The highest BCUT2D eigenvalue weighted by atomic mass is 19.3. The Morgan fingerprint density at radius 3 is 2.47 bits per heavy atom. The molecule has 1 saturated heterocycles. The quantitative estimate of drug-likeness (QED) is 0.330. The minimum absolute atomic E-state index is 0. The average Bonchev–Trinajstić information content (AvgIpc) is 3.54. The van der Waals surface area contributed by atoms with Crippen LogP contribution in [-0.2, 0) is 4.79 Å². The van der Waals surface area contributed by atoms with Crippen molar-refractivity contribution < 1.29 is 36.1 Å². The molecule has 2 bridgehead atoms. The van der Waals surface area contributed by atoms with Crippen molar-refractivity contribution in [2.45, 2.75) is 101 Å². The number of fused-ring (bicyclic) bond motifs is 1. The van der Waals surface area contributed by atoms with Gasteiger partial charge in [-0.2, -0.15) is 0 Å². The van der Waals surface area contributed by atoms with Crippen LogP contribution in [0.1, 0.15) is 109 Å². The fraction of sp³-hybridized carbons (Fsp3) is 0.655. The van der Waals surface area contributed by atoms with Crippen molar-refractivity contribution >= 4 is 23.0 Å². The van der Waals surface area contributed by atoms with Gasteiger partial charge in [0.15, 0.2) is 11.3 Å². The summed E-state index contributed by atoms with van der Waals surface area (Å²) in [7, 11) is 0. The summed E-state index contributed by atoms with van der Waals surface area (Å²) in [5, 5.41) is 10.2. The first-order valence-electron chi connectivity index (χ1n) is 14.8. The SMILES string of the molecule is Cc1nonc1C(=O)N[C@H](c1nc2nc(C3C[C@@](C)(F)CCN3C(=O)C34CC(F)(C3)C4)ccc2[nH]1)C1CCC(F)(F)CC1.[HH].[HH].[HH]. The number of halogens is 4. The number of aromatic amines is 1. The molecule has 1 aliphatic heterocycles. The number of aromatic nitrogens is 5. The van der Waals surface area contributed by atoms with Gasteiger partial charge in [-0.1, -0.05) is 5.16 Å². The van der Waals surface area contributed by atoms with E-state index in [9.17, 15) is 22.8 Å². The van der Waals surface area contributed by atoms with Gasteiger partial charge in [0, 0.05) is 30.1 Å². The molecule has 4 aliphatic carbocycles. The van der Waals surface area contributed by atoms with Crippen molar-refractivity contribution in [1.82, 2.24) is 35.5 Å². The fourth-order valence-corrected chi connectivity index (χ4v) is 7.54. The summed E-state index contributed by atoms with van der Waals surface area (Å²) >= 11 is 0. The van der Waals surface area contributed by atoms with Crippen LogP contribution in [0.3, 0.4) is 0 Å². The van der Waals surface area contributed by atoms with Gasteiger partial charge in [0.1, 0.15) is 22.9 Å². The third kappa shape index (κ3) is 4.86. The predicted molar refractivity (Wildman–Crippen MR) is 150 cm³/mol. The zero-order valence-corrected chi connectivity index (χ0v) is 23.9. The van der Waals surface area contributed by atoms with Gasteiger partial charge in [-0.25, -0.2) is 32.2 Å². The number of nitrogens with one attached hydrogen (secondary N) is 2. The Kier molecular flexibility index (Phi) is 6.20. The molecule has 10 nitrogen and oxygen atoms in total. The van der Waals surface area contributed by atoms with Crippen LogP contribution in [-0.4, -0.2) is 65.8 Å². The lowest BCUT2D eigenvalue weighted by molar-refractivity contribution is -0.225. The maximum atomic E-state index is 15.3. The molecule has 0 spiro atoms. The van der Waals surface area contributed by atoms with Crippen molar-refractivity contribution in [3.8, 4) is 0 Å². The standard InChI is InChI=1S/C29H33F4N7O3.3H2/c1-15-20(39-43-38-15)24(41)36-21(16-5-7-29(32,33)8-6-16)23-35-18-4-3-17(34-22(18)37-23)19-11-26(2,30)9-10-40(19)25(42)27-12-28(31,13-27)14-27;;;/h3-4,16,19,21H,5-14H2,1-2H3,(H,36,41)(H,34,35,37);3*1H/t19?,21-,26-,27?,28?;;;/m0.../s1. The van der Waals surface area contributed by atoms with Crippen LogP contribution in [0.5, 0.6) is 0 Å². The Balaban J connectivity index is 0.00000160. The van der Waals surface area contributed by atoms with Crippen molar-refractivity contribution in [3.05, 3.63) is 35.0 Å². The molecule has 2 N–H and O–H groups in total. The number of hydrogen-bond acceptors (Lipinski definition) is 7. The fourth-order valence-electron chi connectivity index (χ4n) is 7.54. The van der Waals surface area contributed by atoms with Gasteiger partial charge in [-0.05, 0) is 75.6 Å². The van der Waals surface area contributed by atoms with Gasteiger partial charge in [-0.3, -0.25) is 9.59 Å². The zero-order valence-electron chi connectivity index (χ0n) is 23.9. The molecule has 3 aromatic rings. The van der Waals surface area contributed by atoms with Gasteiger partial charge in [0.25, 0.3) is 5.91 Å². The first kappa shape index (κ1) is 28.2. The third-order valence-corrected chi connectivity index (χ3v) is 9.96. The van der Waals surface area contributed by atoms with Crippen molar-refractivity contribution in [2.75, 3.05) is 6.54 Å². The maximum absolute atomic E-state index is 15.3. The smallest absolute Gasteiger partial charge is 0.276 e. The van der Waals surface area contributed by atoms with E-state index in [1.54, 1.807) is 24.0 Å². The van der Waals surface area contributed by atoms with Crippen LogP contribution in [0.15, 0.2) is 16.8 Å². The van der Waals surface area contributed by atoms with E-state index in [-0.39, 0.29) is 91.8 Å². The molecule has 1 unspecified atom stereocenters. The van der Waals surface area contributed by atoms with Gasteiger partial charge < -0.3 is 15.2 Å². The molecule has 4 heterocycles. The minimum atomic E-state index is -2.76. The number of aryl methyl sites for hydroxylation is 1. The second-order valence-electron chi connectivity index (χ2n) is 13.4. The summed E-state index contributed by atoms with van der Waals surface area (Å²) in [6, 6.07) is 2.05. The number of nitrogens with zero attached hydrogens (tertiary/aromatic N) is 5. The van der Waals surface area contributed by atoms with E-state index in [1.165, 1.54) is 6.92 Å². The van der Waals surface area contributed by atoms with Crippen LogP contribution >= 0.6 is 0 Å². The van der Waals surface area contributed by atoms with E-state index < -0.39 is 40.7 Å². The van der Waals surface area contributed by atoms with Crippen LogP contribution in [0, 0.1) is 18.3 Å². The summed E-state index contributed by atoms with van der Waals surface area (Å²) in [5.74, 6) is -3.48. The lowest BCUT2D eigenvalue weighted by Crippen LogP contribution is -2.71. The van der Waals surface area contributed by atoms with Gasteiger partial charge in [-0.15, -0.1) is 0 Å². The van der Waals surface area contributed by atoms with Gasteiger partial charge in [0.2, 0.25) is 11.8 Å². The monoisotopic (exact) mass is 609 g/mol. The molecule has 5 fully saturated rings. The molecule has 8 rings (SSSR count). The lowest BCUT2D eigenvalue weighted by atomic mass is 9.41. The Labute approximate surface area is 248 Å². The highest BCUT2D eigenvalue weighted by molar-refractivity contribution is 5.93. The topological polar surface area (TPSA) is 130 Å². The molecular weight excluding hydrogens is 570 g/mol. The van der Waals surface area contributed by atoms with E-state index >= 15 is 4.39 Å². The lowest BCUT2D eigenvalue weighted by Gasteiger charge is -2.65. The van der Waals surface area contributed by atoms with Gasteiger partial charge in [0.05, 0.1) is 28.7 Å². The first-order chi connectivity index (χ1) is 20.3. The molecule has 5 aliphatic rings. The van der Waals surface area contributed by atoms with E-state index in [0.717, 1.165) is 0 Å². The summed E-state index contributed by atoms with van der Waals surface area (Å²) in [4.78, 5) is 40.8. The summed E-state index contributed by atoms with van der Waals surface area (Å²) in [5.41, 5.74) is -1.88. The number of H-pyrrole nitrogens is 1. The number of amides is 2. The number of alkyl halides is 4. The second kappa shape index (κ2) is 9.46. The number of rotatable bonds is 6. The van der Waals surface area contributed by atoms with Gasteiger partial charge >= 0.3 is 0 Å². The van der Waals surface area contributed by atoms with E-state index in [1.807, 2.05) is 0 Å². The van der Waals surface area contributed by atoms with Crippen LogP contribution in [0.2, 0.25) is 0 Å². The Bertz CT molecular complexity index is 1590. The van der Waals surface area contributed by atoms with Crippen LogP contribution < -0.4 is 5.32 Å². The van der Waals surface area contributed by atoms with Crippen molar-refractivity contribution in [3.63, 3.8) is 0 Å². The van der Waals surface area contributed by atoms with Crippen molar-refractivity contribution in [2.24, 2.45) is 11.3 Å². The number of imidazole rings is 1. The largest absolute Gasteiger partial charge is 0.340 e. The van der Waals surface area contributed by atoms with Crippen molar-refractivity contribution in [1.29, 1.82) is 0 Å². The predicted octanol–water partition coefficient (Wildman–Crippen LogP) is 5.97. The van der Waals surface area contributed by atoms with Crippen LogP contribution in [0.25, 0.3) is 11.2 Å². The molecule has 2 amide bonds. The molecule has 43 heavy (non-hydrogen) atoms. The first-order valence-corrected chi connectivity index (χ1v) is 14.8. The number of carbonyl (C=O) groups is 2. The van der Waals surface area contributed by atoms with E-state index in [2.05, 4.69) is 30.2 Å². The highest BCUT2D eigenvalue weighted by Crippen LogP contribution is 2.70. The zero-order chi connectivity index (χ0) is 30.4. The normalized spacial score (nSPS) is 32.6. The van der Waals surface area contributed by atoms with Crippen LogP contribution in [0.4, 0.5) is 17.6 Å². The number of piperidine rings is 1. The average molecular weight is 610 g/mol. The third-order valence-electron chi connectivity index (χ3n) is 9.96. The summed E-state index contributed by atoms with van der Waals surface area (Å²) < 4.78 is 62.2.